The number of rotatable bonds is 14. The molecule has 0 bridgehead atoms. The van der Waals surface area contributed by atoms with E-state index in [9.17, 15) is 18.2 Å². The minimum absolute atomic E-state index is 0.106. The van der Waals surface area contributed by atoms with Gasteiger partial charge in [-0.1, -0.05) is 50.4 Å². The van der Waals surface area contributed by atoms with Gasteiger partial charge >= 0.3 is 0 Å². The molecular weight excluding hydrogens is 513 g/mol. The minimum atomic E-state index is -1.28. The summed E-state index contributed by atoms with van der Waals surface area (Å²) in [5, 5.41) is 4.19. The lowest BCUT2D eigenvalue weighted by molar-refractivity contribution is -0.139. The highest BCUT2D eigenvalue weighted by molar-refractivity contribution is 7.85. The second kappa shape index (κ2) is 14.9. The van der Waals surface area contributed by atoms with Crippen LogP contribution >= 0.6 is 11.6 Å². The van der Waals surface area contributed by atoms with E-state index in [1.165, 1.54) is 17.7 Å². The summed E-state index contributed by atoms with van der Waals surface area (Å²) in [4.78, 5) is 32.9. The molecule has 0 amide bonds. The first-order chi connectivity index (χ1) is 17.6. The summed E-state index contributed by atoms with van der Waals surface area (Å²) in [5.41, 5.74) is 2.73. The fraction of sp³-hybridized carbons (Fsp3) is 0.621. The molecule has 0 aliphatic heterocycles. The van der Waals surface area contributed by atoms with Crippen LogP contribution < -0.4 is 0 Å². The number of nitrogens with zero attached hydrogens (tertiary/aromatic N) is 1. The molecule has 1 saturated carbocycles. The van der Waals surface area contributed by atoms with Gasteiger partial charge in [0.05, 0.1) is 16.5 Å². The van der Waals surface area contributed by atoms with E-state index in [0.717, 1.165) is 19.3 Å². The molecule has 1 aromatic carbocycles. The first-order valence-corrected chi connectivity index (χ1v) is 15.0. The van der Waals surface area contributed by atoms with Crippen LogP contribution in [0.4, 0.5) is 4.39 Å². The SMILES string of the molecule is CCCCCC(=NOC/C=C/Cl)C1C(=O)CC(CCCS(=O)c2c(C)cc(F)cc2C)(C(C)C)CC1=O. The Balaban J connectivity index is 2.15. The maximum atomic E-state index is 13.7. The third-order valence-electron chi connectivity index (χ3n) is 7.39. The van der Waals surface area contributed by atoms with E-state index < -0.39 is 22.1 Å². The van der Waals surface area contributed by atoms with Crippen LogP contribution in [0.2, 0.25) is 0 Å². The largest absolute Gasteiger partial charge is 0.392 e. The van der Waals surface area contributed by atoms with E-state index >= 15 is 0 Å². The monoisotopic (exact) mass is 553 g/mol. The van der Waals surface area contributed by atoms with Crippen LogP contribution in [-0.4, -0.2) is 33.8 Å². The summed E-state index contributed by atoms with van der Waals surface area (Å²) in [6, 6.07) is 2.81. The number of carbonyl (C=O) groups is 2. The summed E-state index contributed by atoms with van der Waals surface area (Å²) >= 11 is 5.54. The van der Waals surface area contributed by atoms with Gasteiger partial charge in [0.15, 0.2) is 0 Å². The van der Waals surface area contributed by atoms with Gasteiger partial charge in [-0.3, -0.25) is 13.8 Å². The van der Waals surface area contributed by atoms with Crippen molar-refractivity contribution in [3.05, 3.63) is 40.7 Å². The van der Waals surface area contributed by atoms with Crippen molar-refractivity contribution in [3.8, 4) is 0 Å². The Kier molecular flexibility index (Phi) is 12.6. The molecule has 1 aromatic rings. The van der Waals surface area contributed by atoms with Gasteiger partial charge in [-0.25, -0.2) is 4.39 Å². The van der Waals surface area contributed by atoms with Crippen molar-refractivity contribution in [1.82, 2.24) is 0 Å². The molecule has 1 fully saturated rings. The predicted octanol–water partition coefficient (Wildman–Crippen LogP) is 7.23. The molecule has 1 aliphatic carbocycles. The molecule has 206 valence electrons. The Bertz CT molecular complexity index is 996. The summed E-state index contributed by atoms with van der Waals surface area (Å²) in [5.74, 6) is -0.899. The number of halogens is 2. The number of carbonyl (C=O) groups excluding carboxylic acids is 2. The van der Waals surface area contributed by atoms with Crippen molar-refractivity contribution in [2.24, 2.45) is 22.4 Å². The molecule has 1 aliphatic rings. The molecular formula is C29H41ClFNO4S. The number of hydrogen-bond donors (Lipinski definition) is 0. The van der Waals surface area contributed by atoms with Crippen LogP contribution in [0.15, 0.2) is 33.8 Å². The van der Waals surface area contributed by atoms with Crippen molar-refractivity contribution in [3.63, 3.8) is 0 Å². The van der Waals surface area contributed by atoms with Crippen LogP contribution in [0, 0.1) is 36.9 Å². The van der Waals surface area contributed by atoms with Gasteiger partial charge in [-0.15, -0.1) is 0 Å². The minimum Gasteiger partial charge on any atom is -0.392 e. The van der Waals surface area contributed by atoms with Gasteiger partial charge in [0.1, 0.15) is 29.9 Å². The van der Waals surface area contributed by atoms with E-state index in [2.05, 4.69) is 12.1 Å². The standard InChI is InChI=1S/C29H41ClFNO4S/c1-6-7-8-11-24(32-36-14-10-13-30)27-25(33)18-29(20(2)3,19-26(27)34)12-9-15-37(35)28-21(4)16-23(31)17-22(28)5/h10,13,16-17,20,27H,6-9,11-12,14-15,18-19H2,1-5H3/b13-10+,32-24?. The zero-order valence-corrected chi connectivity index (χ0v) is 24.4. The predicted molar refractivity (Wildman–Crippen MR) is 149 cm³/mol. The molecule has 0 saturated heterocycles. The topological polar surface area (TPSA) is 72.8 Å². The highest BCUT2D eigenvalue weighted by Gasteiger charge is 2.48. The lowest BCUT2D eigenvalue weighted by Crippen LogP contribution is -2.46. The summed E-state index contributed by atoms with van der Waals surface area (Å²) in [7, 11) is -1.28. The number of unbranched alkanes of at least 4 members (excludes halogenated alkanes) is 2. The highest BCUT2D eigenvalue weighted by Crippen LogP contribution is 2.45. The molecule has 0 aromatic heterocycles. The zero-order chi connectivity index (χ0) is 27.6. The average molecular weight is 554 g/mol. The Morgan fingerprint density at radius 2 is 1.81 bits per heavy atom. The number of oxime groups is 1. The Morgan fingerprint density at radius 3 is 2.35 bits per heavy atom. The first kappa shape index (κ1) is 31.4. The number of aryl methyl sites for hydroxylation is 2. The van der Waals surface area contributed by atoms with Crippen molar-refractivity contribution in [2.75, 3.05) is 12.4 Å². The Labute approximate surface area is 228 Å². The van der Waals surface area contributed by atoms with Gasteiger partial charge in [0.25, 0.3) is 0 Å². The number of ketones is 2. The van der Waals surface area contributed by atoms with Crippen molar-refractivity contribution < 1.29 is 23.0 Å². The average Bonchev–Trinajstić information content (AvgIpc) is 2.80. The molecule has 0 N–H and O–H groups in total. The molecule has 1 atom stereocenters. The molecule has 37 heavy (non-hydrogen) atoms. The van der Waals surface area contributed by atoms with Crippen molar-refractivity contribution in [2.45, 2.75) is 90.9 Å². The Morgan fingerprint density at radius 1 is 1.19 bits per heavy atom. The highest BCUT2D eigenvalue weighted by atomic mass is 35.5. The molecule has 0 spiro atoms. The van der Waals surface area contributed by atoms with E-state index in [0.29, 0.717) is 46.7 Å². The fourth-order valence-electron chi connectivity index (χ4n) is 5.30. The lowest BCUT2D eigenvalue weighted by Gasteiger charge is -2.42. The summed E-state index contributed by atoms with van der Waals surface area (Å²) < 4.78 is 26.7. The molecule has 8 heteroatoms. The van der Waals surface area contributed by atoms with Crippen LogP contribution in [0.3, 0.4) is 0 Å². The van der Waals surface area contributed by atoms with Crippen molar-refractivity contribution in [1.29, 1.82) is 0 Å². The maximum absolute atomic E-state index is 13.7. The number of hydrogen-bond acceptors (Lipinski definition) is 5. The van der Waals surface area contributed by atoms with Gasteiger partial charge in [0.2, 0.25) is 0 Å². The van der Waals surface area contributed by atoms with E-state index in [-0.39, 0.29) is 42.8 Å². The Hall–Kier alpha value is -1.86. The second-order valence-electron chi connectivity index (χ2n) is 10.5. The third kappa shape index (κ3) is 8.57. The molecule has 0 heterocycles. The number of benzene rings is 1. The first-order valence-electron chi connectivity index (χ1n) is 13.2. The molecule has 5 nitrogen and oxygen atoms in total. The fourth-order valence-corrected chi connectivity index (χ4v) is 6.82. The smallest absolute Gasteiger partial charge is 0.149 e. The van der Waals surface area contributed by atoms with Crippen LogP contribution in [0.1, 0.15) is 83.3 Å². The molecule has 0 radical (unpaired) electrons. The van der Waals surface area contributed by atoms with Crippen LogP contribution in [0.5, 0.6) is 0 Å². The van der Waals surface area contributed by atoms with Gasteiger partial charge in [-0.05, 0) is 80.2 Å². The van der Waals surface area contributed by atoms with Gasteiger partial charge in [-0.2, -0.15) is 0 Å². The van der Waals surface area contributed by atoms with E-state index in [4.69, 9.17) is 16.4 Å². The summed E-state index contributed by atoms with van der Waals surface area (Å²) in [6.07, 6.45) is 6.79. The second-order valence-corrected chi connectivity index (χ2v) is 12.2. The van der Waals surface area contributed by atoms with Gasteiger partial charge < -0.3 is 4.84 Å². The van der Waals surface area contributed by atoms with Gasteiger partial charge in [0, 0.05) is 29.0 Å². The summed E-state index contributed by atoms with van der Waals surface area (Å²) in [6.45, 7) is 9.90. The molecule has 2 rings (SSSR count). The van der Waals surface area contributed by atoms with Crippen molar-refractivity contribution >= 4 is 39.7 Å². The van der Waals surface area contributed by atoms with Crippen LogP contribution in [-0.2, 0) is 25.2 Å². The maximum Gasteiger partial charge on any atom is 0.149 e. The quantitative estimate of drug-likeness (QED) is 0.105. The van der Waals surface area contributed by atoms with E-state index in [1.807, 2.05) is 13.8 Å². The van der Waals surface area contributed by atoms with E-state index in [1.54, 1.807) is 19.9 Å². The van der Waals surface area contributed by atoms with Crippen LogP contribution in [0.25, 0.3) is 0 Å². The third-order valence-corrected chi connectivity index (χ3v) is 9.33. The normalized spacial score (nSPS) is 21.7. The molecule has 1 unspecified atom stereocenters. The zero-order valence-electron chi connectivity index (χ0n) is 22.8. The number of Topliss-reactive ketones (excluding diaryl/α,β-unsaturated/α-hetero) is 2. The lowest BCUT2D eigenvalue weighted by atomic mass is 9.60.